The van der Waals surface area contributed by atoms with Gasteiger partial charge in [-0.3, -0.25) is 0 Å². The van der Waals surface area contributed by atoms with E-state index in [1.807, 2.05) is 0 Å². The normalized spacial score (nSPS) is 10.5. The average molecular weight is 146 g/mol. The van der Waals surface area contributed by atoms with Crippen molar-refractivity contribution in [1.29, 1.82) is 0 Å². The molecule has 0 saturated carbocycles. The first kappa shape index (κ1) is 5.71. The van der Waals surface area contributed by atoms with Gasteiger partial charge in [0.05, 0.1) is 6.57 Å². The molecule has 0 saturated heterocycles. The monoisotopic (exact) mass is 145 g/mol. The van der Waals surface area contributed by atoms with Crippen molar-refractivity contribution in [2.75, 3.05) is 0 Å². The molecule has 0 radical (unpaired) electrons. The fourth-order valence-electron chi connectivity index (χ4n) is 0.0244. The van der Waals surface area contributed by atoms with Gasteiger partial charge >= 0.3 is 0 Å². The van der Waals surface area contributed by atoms with Gasteiger partial charge in [0.2, 0.25) is 0 Å². The van der Waals surface area contributed by atoms with Gasteiger partial charge < -0.3 is 0 Å². The number of nitrogens with zero attached hydrogens (tertiary/aromatic N) is 1. The van der Waals surface area contributed by atoms with Crippen LogP contribution in [-0.2, 0) is 0 Å². The van der Waals surface area contributed by atoms with Gasteiger partial charge in [0.1, 0.15) is 0 Å². The third-order valence-corrected chi connectivity index (χ3v) is 0.997. The molecule has 0 aromatic heterocycles. The van der Waals surface area contributed by atoms with Crippen molar-refractivity contribution in [3.8, 4) is 0 Å². The quantitative estimate of drug-likeness (QED) is 0.461. The molecule has 0 unspecified atom stereocenters. The van der Waals surface area contributed by atoms with E-state index < -0.39 is 0 Å². The van der Waals surface area contributed by atoms with Gasteiger partial charge in [0.15, 0.2) is 5.70 Å². The maximum Gasteiger partial charge on any atom is 0.169 e. The minimum Gasteiger partial charge on any atom is -0.242 e. The van der Waals surface area contributed by atoms with Crippen molar-refractivity contribution < 1.29 is 0 Å². The molecule has 1 nitrogen and oxygen atoms in total. The van der Waals surface area contributed by atoms with Crippen molar-refractivity contribution >= 4 is 15.9 Å². The third-order valence-electron chi connectivity index (χ3n) is 0.334. The molecule has 0 aromatic rings. The summed E-state index contributed by atoms with van der Waals surface area (Å²) >= 11 is 3.00. The number of halogens is 1. The van der Waals surface area contributed by atoms with Gasteiger partial charge in [-0.15, -0.1) is 0 Å². The molecule has 2 heteroatoms. The molecule has 0 spiro atoms. The second-order valence-corrected chi connectivity index (χ2v) is 1.32. The summed E-state index contributed by atoms with van der Waals surface area (Å²) < 4.78 is 0. The molecule has 0 heterocycles. The summed E-state index contributed by atoms with van der Waals surface area (Å²) in [6.45, 7) is 8.07. The van der Waals surface area contributed by atoms with Gasteiger partial charge in [0.25, 0.3) is 0 Å². The van der Waals surface area contributed by atoms with Crippen LogP contribution in [0.1, 0.15) is 6.92 Å². The molecular formula is C4H4BrN. The highest BCUT2D eigenvalue weighted by Gasteiger charge is 1.73. The van der Waals surface area contributed by atoms with Crippen LogP contribution in [0.3, 0.4) is 0 Å². The van der Waals surface area contributed by atoms with Crippen LogP contribution in [0.4, 0.5) is 0 Å². The highest BCUT2D eigenvalue weighted by atomic mass is 79.9. The van der Waals surface area contributed by atoms with E-state index in [4.69, 9.17) is 6.57 Å². The van der Waals surface area contributed by atoms with Crippen molar-refractivity contribution in [2.24, 2.45) is 0 Å². The van der Waals surface area contributed by atoms with Crippen molar-refractivity contribution in [3.63, 3.8) is 0 Å². The highest BCUT2D eigenvalue weighted by Crippen LogP contribution is 1.95. The lowest BCUT2D eigenvalue weighted by atomic mass is 10.6. The lowest BCUT2D eigenvalue weighted by Gasteiger charge is -1.69. The van der Waals surface area contributed by atoms with Crippen LogP contribution in [0.5, 0.6) is 0 Å². The van der Waals surface area contributed by atoms with Gasteiger partial charge in [-0.1, -0.05) is 15.9 Å². The molecular weight excluding hydrogens is 142 g/mol. The summed E-state index contributed by atoms with van der Waals surface area (Å²) in [5, 5.41) is 0. The summed E-state index contributed by atoms with van der Waals surface area (Å²) in [6, 6.07) is 0. The standard InChI is InChI=1S/C4H4BrN/c1-4(3-5)6-2/h3H,1H3/b4-3+. The predicted octanol–water partition coefficient (Wildman–Crippen LogP) is 2.16. The number of hydrogen-bond acceptors (Lipinski definition) is 0. The Morgan fingerprint density at radius 1 is 2.00 bits per heavy atom. The first-order valence-electron chi connectivity index (χ1n) is 1.45. The lowest BCUT2D eigenvalue weighted by molar-refractivity contribution is 1.56. The van der Waals surface area contributed by atoms with E-state index >= 15 is 0 Å². The summed E-state index contributed by atoms with van der Waals surface area (Å²) in [5.41, 5.74) is 0.676. The Kier molecular flexibility index (Phi) is 2.78. The first-order chi connectivity index (χ1) is 2.81. The summed E-state index contributed by atoms with van der Waals surface area (Å²) in [5.74, 6) is 0. The maximum atomic E-state index is 6.34. The van der Waals surface area contributed by atoms with Crippen LogP contribution in [0, 0.1) is 6.57 Å². The van der Waals surface area contributed by atoms with Gasteiger partial charge in [0, 0.05) is 0 Å². The molecule has 0 N–H and O–H groups in total. The Labute approximate surface area is 45.6 Å². The number of allylic oxidation sites excluding steroid dienone is 1. The minimum atomic E-state index is 0.676. The van der Waals surface area contributed by atoms with Crippen LogP contribution in [-0.4, -0.2) is 0 Å². The average Bonchev–Trinajstić information content (AvgIpc) is 1.65. The van der Waals surface area contributed by atoms with Crippen LogP contribution < -0.4 is 0 Å². The smallest absolute Gasteiger partial charge is 0.169 e. The molecule has 0 atom stereocenters. The zero-order chi connectivity index (χ0) is 4.99. The summed E-state index contributed by atoms with van der Waals surface area (Å²) in [4.78, 5) is 4.67. The Bertz CT molecular complexity index is 98.6. The van der Waals surface area contributed by atoms with Crippen LogP contribution >= 0.6 is 15.9 Å². The predicted molar refractivity (Wildman–Crippen MR) is 29.3 cm³/mol. The van der Waals surface area contributed by atoms with Gasteiger partial charge in [-0.05, 0) is 11.9 Å². The molecule has 0 rings (SSSR count). The molecule has 32 valence electrons. The Morgan fingerprint density at radius 3 is 2.50 bits per heavy atom. The second-order valence-electron chi connectivity index (χ2n) is 0.862. The van der Waals surface area contributed by atoms with E-state index in [1.54, 1.807) is 11.9 Å². The van der Waals surface area contributed by atoms with E-state index in [2.05, 4.69) is 20.8 Å². The molecule has 0 fully saturated rings. The highest BCUT2D eigenvalue weighted by molar-refractivity contribution is 9.11. The molecule has 0 bridgehead atoms. The third kappa shape index (κ3) is 1.98. The Hall–Kier alpha value is -0.290. The number of rotatable bonds is 0. The van der Waals surface area contributed by atoms with Gasteiger partial charge in [-0.25, -0.2) is 4.85 Å². The fourth-order valence-corrected chi connectivity index (χ4v) is 0.127. The molecule has 0 amide bonds. The summed E-state index contributed by atoms with van der Waals surface area (Å²) in [6.07, 6.45) is 0. The van der Waals surface area contributed by atoms with Crippen molar-refractivity contribution in [3.05, 3.63) is 22.1 Å². The zero-order valence-corrected chi connectivity index (χ0v) is 4.99. The fraction of sp³-hybridized carbons (Fsp3) is 0.250. The van der Waals surface area contributed by atoms with Crippen molar-refractivity contribution in [2.45, 2.75) is 6.92 Å². The molecule has 0 aliphatic rings. The minimum absolute atomic E-state index is 0.676. The molecule has 0 aliphatic carbocycles. The molecule has 6 heavy (non-hydrogen) atoms. The topological polar surface area (TPSA) is 4.36 Å². The lowest BCUT2D eigenvalue weighted by Crippen LogP contribution is -1.50. The van der Waals surface area contributed by atoms with E-state index in [0.717, 1.165) is 0 Å². The van der Waals surface area contributed by atoms with Crippen LogP contribution in [0.2, 0.25) is 0 Å². The second kappa shape index (κ2) is 2.92. The molecule has 0 aliphatic heterocycles. The van der Waals surface area contributed by atoms with Crippen molar-refractivity contribution in [1.82, 2.24) is 0 Å². The van der Waals surface area contributed by atoms with Crippen LogP contribution in [0.25, 0.3) is 4.85 Å². The first-order valence-corrected chi connectivity index (χ1v) is 2.37. The Balaban J connectivity index is 3.61. The Morgan fingerprint density at radius 2 is 2.50 bits per heavy atom. The molecule has 0 aromatic carbocycles. The SMILES string of the molecule is [C-]#[N+]/C(C)=C/Br. The van der Waals surface area contributed by atoms with Crippen LogP contribution in [0.15, 0.2) is 10.7 Å². The number of hydrogen-bond donors (Lipinski definition) is 0. The van der Waals surface area contributed by atoms with E-state index in [0.29, 0.717) is 5.70 Å². The largest absolute Gasteiger partial charge is 0.242 e. The van der Waals surface area contributed by atoms with E-state index in [-0.39, 0.29) is 0 Å². The maximum absolute atomic E-state index is 6.34. The van der Waals surface area contributed by atoms with Gasteiger partial charge in [-0.2, -0.15) is 0 Å². The van der Waals surface area contributed by atoms with E-state index in [9.17, 15) is 0 Å². The summed E-state index contributed by atoms with van der Waals surface area (Å²) in [7, 11) is 0. The zero-order valence-electron chi connectivity index (χ0n) is 3.40. The van der Waals surface area contributed by atoms with E-state index in [1.165, 1.54) is 0 Å².